The van der Waals surface area contributed by atoms with E-state index in [9.17, 15) is 29.4 Å². The van der Waals surface area contributed by atoms with E-state index in [1.165, 1.54) is 9.80 Å². The van der Waals surface area contributed by atoms with Crippen LogP contribution in [0.2, 0.25) is 0 Å². The van der Waals surface area contributed by atoms with Crippen molar-refractivity contribution in [3.8, 4) is 0 Å². The Bertz CT molecular complexity index is 802. The van der Waals surface area contributed by atoms with Crippen LogP contribution >= 0.6 is 0 Å². The van der Waals surface area contributed by atoms with Crippen molar-refractivity contribution in [3.63, 3.8) is 0 Å². The van der Waals surface area contributed by atoms with E-state index in [2.05, 4.69) is 0 Å². The molecule has 2 rings (SSSR count). The Labute approximate surface area is 168 Å². The van der Waals surface area contributed by atoms with Gasteiger partial charge in [0.2, 0.25) is 17.9 Å². The molecule has 0 radical (unpaired) electrons. The van der Waals surface area contributed by atoms with Crippen LogP contribution in [-0.2, 0) is 30.3 Å². The third-order valence-corrected chi connectivity index (χ3v) is 4.87. The van der Waals surface area contributed by atoms with Gasteiger partial charge in [0.1, 0.15) is 0 Å². The van der Waals surface area contributed by atoms with Gasteiger partial charge in [-0.25, -0.2) is 4.79 Å². The number of hydrogen-bond donors (Lipinski definition) is 2. The molecule has 0 heterocycles. The van der Waals surface area contributed by atoms with E-state index in [1.807, 2.05) is 0 Å². The van der Waals surface area contributed by atoms with Crippen molar-refractivity contribution in [2.75, 3.05) is 32.1 Å². The number of hydrogen-bond acceptors (Lipinski definition) is 6. The number of ether oxygens (including phenoxy) is 1. The highest BCUT2D eigenvalue weighted by molar-refractivity contribution is 6.03. The molecule has 1 aromatic rings. The Morgan fingerprint density at radius 3 is 2.34 bits per heavy atom. The third-order valence-electron chi connectivity index (χ3n) is 4.87. The number of rotatable bonds is 9. The van der Waals surface area contributed by atoms with E-state index in [-0.39, 0.29) is 38.3 Å². The van der Waals surface area contributed by atoms with Crippen molar-refractivity contribution in [2.24, 2.45) is 5.41 Å². The maximum Gasteiger partial charge on any atom is 0.346 e. The lowest BCUT2D eigenvalue weighted by Gasteiger charge is -2.30. The smallest absolute Gasteiger partial charge is 0.346 e. The van der Waals surface area contributed by atoms with E-state index in [4.69, 9.17) is 4.74 Å². The molecule has 0 saturated heterocycles. The number of amides is 2. The number of carbonyl (C=O) groups excluding carboxylic acids is 3. The fraction of sp³-hybridized carbons (Fsp3) is 0.500. The minimum atomic E-state index is -1.59. The summed E-state index contributed by atoms with van der Waals surface area (Å²) in [5.41, 5.74) is -0.245. The normalized spacial score (nSPS) is 15.2. The maximum atomic E-state index is 13.3. The lowest BCUT2D eigenvalue weighted by Crippen LogP contribution is -2.48. The molecule has 0 bridgehead atoms. The molecule has 1 fully saturated rings. The number of aliphatic hydroxyl groups is 1. The first-order valence-electron chi connectivity index (χ1n) is 9.24. The molecule has 29 heavy (non-hydrogen) atoms. The minimum Gasteiger partial charge on any atom is -0.478 e. The van der Waals surface area contributed by atoms with E-state index in [0.29, 0.717) is 11.3 Å². The van der Waals surface area contributed by atoms with Crippen molar-refractivity contribution < 1.29 is 34.1 Å². The highest BCUT2D eigenvalue weighted by atomic mass is 16.6. The zero-order chi connectivity index (χ0) is 21.8. The molecule has 9 nitrogen and oxygen atoms in total. The zero-order valence-corrected chi connectivity index (χ0v) is 16.8. The summed E-state index contributed by atoms with van der Waals surface area (Å²) in [6.45, 7) is 0.694. The first kappa shape index (κ1) is 22.4. The van der Waals surface area contributed by atoms with Gasteiger partial charge in [0.25, 0.3) is 0 Å². The first-order valence-corrected chi connectivity index (χ1v) is 9.24. The Hall–Kier alpha value is -2.94. The summed E-state index contributed by atoms with van der Waals surface area (Å²) >= 11 is 0. The second kappa shape index (κ2) is 9.04. The minimum absolute atomic E-state index is 0.0575. The highest BCUT2D eigenvalue weighted by Crippen LogP contribution is 2.52. The molecule has 1 atom stereocenters. The number of benzene rings is 1. The second-order valence-electron chi connectivity index (χ2n) is 7.30. The monoisotopic (exact) mass is 406 g/mol. The third kappa shape index (κ3) is 5.11. The van der Waals surface area contributed by atoms with Crippen LogP contribution in [0.25, 0.3) is 0 Å². The predicted octanol–water partition coefficient (Wildman–Crippen LogP) is 0.439. The molecule has 0 spiro atoms. The molecule has 0 aromatic heterocycles. The van der Waals surface area contributed by atoms with Crippen LogP contribution in [0.1, 0.15) is 25.3 Å². The molecule has 0 aliphatic heterocycles. The second-order valence-corrected chi connectivity index (χ2v) is 7.30. The number of carbonyl (C=O) groups is 4. The molecular formula is C20H26N2O7. The SMILES string of the molecule is CC(=O)O[C@@H](C(=O)O)C1(C(=O)N(CCO)c2cccc(CC(=O)N(C)C)c2)CC1. The summed E-state index contributed by atoms with van der Waals surface area (Å²) in [6, 6.07) is 6.74. The number of nitrogens with zero attached hydrogens (tertiary/aromatic N) is 2. The fourth-order valence-corrected chi connectivity index (χ4v) is 3.17. The summed E-state index contributed by atoms with van der Waals surface area (Å²) in [5, 5.41) is 18.9. The molecule has 1 aliphatic rings. The number of esters is 1. The van der Waals surface area contributed by atoms with E-state index in [1.54, 1.807) is 38.4 Å². The Balaban J connectivity index is 2.34. The van der Waals surface area contributed by atoms with Crippen molar-refractivity contribution in [1.82, 2.24) is 4.90 Å². The van der Waals surface area contributed by atoms with Crippen molar-refractivity contribution in [3.05, 3.63) is 29.8 Å². The van der Waals surface area contributed by atoms with Gasteiger partial charge in [-0.1, -0.05) is 12.1 Å². The van der Waals surface area contributed by atoms with Gasteiger partial charge in [-0.3, -0.25) is 14.4 Å². The number of aliphatic hydroxyl groups excluding tert-OH is 1. The Kier molecular flexibility index (Phi) is 6.97. The average molecular weight is 406 g/mol. The Morgan fingerprint density at radius 1 is 1.21 bits per heavy atom. The van der Waals surface area contributed by atoms with Crippen molar-refractivity contribution in [2.45, 2.75) is 32.3 Å². The summed E-state index contributed by atoms with van der Waals surface area (Å²) in [7, 11) is 3.29. The number of anilines is 1. The molecular weight excluding hydrogens is 380 g/mol. The van der Waals surface area contributed by atoms with Crippen LogP contribution in [0.4, 0.5) is 5.69 Å². The molecule has 0 unspecified atom stereocenters. The highest BCUT2D eigenvalue weighted by Gasteiger charge is 2.62. The van der Waals surface area contributed by atoms with E-state index < -0.39 is 29.4 Å². The summed E-state index contributed by atoms with van der Waals surface area (Å²) in [4.78, 5) is 51.0. The van der Waals surface area contributed by atoms with Crippen molar-refractivity contribution in [1.29, 1.82) is 0 Å². The molecule has 9 heteroatoms. The fourth-order valence-electron chi connectivity index (χ4n) is 3.17. The van der Waals surface area contributed by atoms with E-state index in [0.717, 1.165) is 6.92 Å². The quantitative estimate of drug-likeness (QED) is 0.570. The topological polar surface area (TPSA) is 124 Å². The van der Waals surface area contributed by atoms with Gasteiger partial charge in [0.05, 0.1) is 18.4 Å². The van der Waals surface area contributed by atoms with Gasteiger partial charge in [0.15, 0.2) is 0 Å². The van der Waals surface area contributed by atoms with Gasteiger partial charge in [-0.2, -0.15) is 0 Å². The van der Waals surface area contributed by atoms with Gasteiger partial charge >= 0.3 is 11.9 Å². The summed E-state index contributed by atoms with van der Waals surface area (Å²) < 4.78 is 4.93. The van der Waals surface area contributed by atoms with Crippen LogP contribution in [0.5, 0.6) is 0 Å². The predicted molar refractivity (Wildman–Crippen MR) is 103 cm³/mol. The Morgan fingerprint density at radius 2 is 1.86 bits per heavy atom. The maximum absolute atomic E-state index is 13.3. The van der Waals surface area contributed by atoms with Crippen LogP contribution < -0.4 is 4.90 Å². The van der Waals surface area contributed by atoms with Gasteiger partial charge < -0.3 is 24.7 Å². The average Bonchev–Trinajstić information content (AvgIpc) is 3.45. The molecule has 2 amide bonds. The summed E-state index contributed by atoms with van der Waals surface area (Å²) in [6.07, 6.45) is -0.932. The first-order chi connectivity index (χ1) is 13.6. The van der Waals surface area contributed by atoms with Crippen LogP contribution in [-0.4, -0.2) is 72.2 Å². The molecule has 158 valence electrons. The standard InChI is InChI=1S/C20H26N2O7/c1-13(24)29-17(18(26)27)20(7-8-20)19(28)22(9-10-23)15-6-4-5-14(11-15)12-16(25)21(2)3/h4-6,11,17,23H,7-10,12H2,1-3H3,(H,26,27)/t17-/m0/s1. The zero-order valence-electron chi connectivity index (χ0n) is 16.8. The van der Waals surface area contributed by atoms with Crippen LogP contribution in [0, 0.1) is 5.41 Å². The number of aliphatic carboxylic acids is 1. The number of likely N-dealkylation sites (N-methyl/N-ethyl adjacent to an activating group) is 1. The van der Waals surface area contributed by atoms with Crippen LogP contribution in [0.3, 0.4) is 0 Å². The van der Waals surface area contributed by atoms with Gasteiger partial charge in [-0.15, -0.1) is 0 Å². The lowest BCUT2D eigenvalue weighted by atomic mass is 9.96. The van der Waals surface area contributed by atoms with Gasteiger partial charge in [0, 0.05) is 33.3 Å². The molecule has 1 saturated carbocycles. The molecule has 2 N–H and O–H groups in total. The molecule has 1 aromatic carbocycles. The van der Waals surface area contributed by atoms with Crippen LogP contribution in [0.15, 0.2) is 24.3 Å². The van der Waals surface area contributed by atoms with E-state index >= 15 is 0 Å². The lowest BCUT2D eigenvalue weighted by molar-refractivity contribution is -0.169. The summed E-state index contributed by atoms with van der Waals surface area (Å²) in [5.74, 6) is -2.81. The number of carboxylic acids is 1. The molecule has 1 aliphatic carbocycles. The largest absolute Gasteiger partial charge is 0.478 e. The number of carboxylic acid groups (broad SMARTS) is 1. The van der Waals surface area contributed by atoms with Gasteiger partial charge in [-0.05, 0) is 30.5 Å². The van der Waals surface area contributed by atoms with Crippen molar-refractivity contribution >= 4 is 29.4 Å².